The van der Waals surface area contributed by atoms with Crippen LogP contribution in [-0.4, -0.2) is 15.5 Å². The first-order valence-electron chi connectivity index (χ1n) is 6.78. The van der Waals surface area contributed by atoms with Crippen molar-refractivity contribution in [2.75, 3.05) is 0 Å². The van der Waals surface area contributed by atoms with Crippen LogP contribution < -0.4 is 5.73 Å². The third-order valence-corrected chi connectivity index (χ3v) is 4.10. The number of amides is 1. The van der Waals surface area contributed by atoms with Gasteiger partial charge in [0, 0.05) is 24.1 Å². The summed E-state index contributed by atoms with van der Waals surface area (Å²) >= 11 is 11.9. The number of fused-ring (bicyclic) bond motifs is 1. The molecule has 0 aliphatic rings. The van der Waals surface area contributed by atoms with Crippen molar-refractivity contribution in [2.45, 2.75) is 0 Å². The van der Waals surface area contributed by atoms with E-state index in [2.05, 4.69) is 11.6 Å². The molecule has 1 amide bonds. The Labute approximate surface area is 143 Å². The van der Waals surface area contributed by atoms with Crippen molar-refractivity contribution < 1.29 is 4.79 Å². The number of hydrogen-bond donors (Lipinski definition) is 1. The summed E-state index contributed by atoms with van der Waals surface area (Å²) < 4.78 is 1.86. The van der Waals surface area contributed by atoms with Gasteiger partial charge in [-0.2, -0.15) is 0 Å². The van der Waals surface area contributed by atoms with Crippen LogP contribution in [-0.2, 0) is 7.05 Å². The predicted molar refractivity (Wildman–Crippen MR) is 93.8 cm³/mol. The lowest BCUT2D eigenvalue weighted by atomic mass is 9.98. The molecule has 2 heterocycles. The Bertz CT molecular complexity index is 940. The summed E-state index contributed by atoms with van der Waals surface area (Å²) in [6.07, 6.45) is 1.72. The summed E-state index contributed by atoms with van der Waals surface area (Å²) in [7, 11) is 1.87. The van der Waals surface area contributed by atoms with Crippen molar-refractivity contribution in [1.29, 1.82) is 0 Å². The number of carbonyl (C=O) groups is 1. The normalized spacial score (nSPS) is 10.9. The lowest BCUT2D eigenvalue weighted by Crippen LogP contribution is -2.10. The lowest BCUT2D eigenvalue weighted by Gasteiger charge is -2.08. The molecule has 4 nitrogen and oxygen atoms in total. The minimum atomic E-state index is -0.464. The van der Waals surface area contributed by atoms with Gasteiger partial charge in [-0.25, -0.2) is 4.98 Å². The van der Waals surface area contributed by atoms with Crippen LogP contribution in [0.4, 0.5) is 0 Å². The minimum Gasteiger partial charge on any atom is -0.366 e. The SMILES string of the molecule is C=C(c1cc(Cl)nc(Cl)c1)c1ccc2c(c1)c(C(N)=O)cn2C. The maximum atomic E-state index is 11.6. The van der Waals surface area contributed by atoms with Crippen molar-refractivity contribution >= 4 is 45.6 Å². The largest absolute Gasteiger partial charge is 0.366 e. The van der Waals surface area contributed by atoms with Gasteiger partial charge in [-0.15, -0.1) is 0 Å². The lowest BCUT2D eigenvalue weighted by molar-refractivity contribution is 0.100. The van der Waals surface area contributed by atoms with Gasteiger partial charge in [0.25, 0.3) is 5.91 Å². The molecule has 1 aromatic carbocycles. The van der Waals surface area contributed by atoms with E-state index in [1.54, 1.807) is 18.3 Å². The van der Waals surface area contributed by atoms with Crippen LogP contribution in [0.15, 0.2) is 43.1 Å². The van der Waals surface area contributed by atoms with E-state index >= 15 is 0 Å². The van der Waals surface area contributed by atoms with E-state index in [1.165, 1.54) is 0 Å². The molecule has 0 saturated heterocycles. The molecule has 0 bridgehead atoms. The Balaban J connectivity index is 2.14. The number of aryl methyl sites for hydroxylation is 1. The Morgan fingerprint density at radius 1 is 1.17 bits per heavy atom. The van der Waals surface area contributed by atoms with Gasteiger partial charge < -0.3 is 10.3 Å². The van der Waals surface area contributed by atoms with E-state index < -0.39 is 5.91 Å². The van der Waals surface area contributed by atoms with Gasteiger partial charge in [0.15, 0.2) is 0 Å². The number of halogens is 2. The molecule has 2 aromatic heterocycles. The molecule has 0 fully saturated rings. The molecule has 6 heteroatoms. The maximum Gasteiger partial charge on any atom is 0.250 e. The summed E-state index contributed by atoms with van der Waals surface area (Å²) in [4.78, 5) is 15.5. The van der Waals surface area contributed by atoms with E-state index in [1.807, 2.05) is 29.8 Å². The van der Waals surface area contributed by atoms with Gasteiger partial charge in [-0.1, -0.05) is 35.8 Å². The fourth-order valence-electron chi connectivity index (χ4n) is 2.58. The molecule has 0 aliphatic heterocycles. The maximum absolute atomic E-state index is 11.6. The molecular weight excluding hydrogens is 333 g/mol. The Morgan fingerprint density at radius 3 is 2.43 bits per heavy atom. The smallest absolute Gasteiger partial charge is 0.250 e. The van der Waals surface area contributed by atoms with Crippen LogP contribution in [0.3, 0.4) is 0 Å². The van der Waals surface area contributed by atoms with Gasteiger partial charge >= 0.3 is 0 Å². The fourth-order valence-corrected chi connectivity index (χ4v) is 3.04. The van der Waals surface area contributed by atoms with Crippen molar-refractivity contribution in [3.05, 3.63) is 70.1 Å². The molecule has 116 valence electrons. The van der Waals surface area contributed by atoms with Gasteiger partial charge in [-0.3, -0.25) is 4.79 Å². The molecule has 0 atom stereocenters. The van der Waals surface area contributed by atoms with Crippen molar-refractivity contribution in [3.63, 3.8) is 0 Å². The molecule has 0 spiro atoms. The first-order chi connectivity index (χ1) is 10.9. The number of pyridine rings is 1. The summed E-state index contributed by atoms with van der Waals surface area (Å²) in [6, 6.07) is 9.13. The van der Waals surface area contributed by atoms with Gasteiger partial charge in [0.1, 0.15) is 10.3 Å². The van der Waals surface area contributed by atoms with Gasteiger partial charge in [0.05, 0.1) is 5.56 Å². The highest BCUT2D eigenvalue weighted by molar-refractivity contribution is 6.32. The van der Waals surface area contributed by atoms with Crippen molar-refractivity contribution in [3.8, 4) is 0 Å². The fraction of sp³-hybridized carbons (Fsp3) is 0.0588. The number of hydrogen-bond acceptors (Lipinski definition) is 2. The van der Waals surface area contributed by atoms with E-state index in [4.69, 9.17) is 28.9 Å². The van der Waals surface area contributed by atoms with Crippen LogP contribution in [0, 0.1) is 0 Å². The molecule has 0 unspecified atom stereocenters. The Hall–Kier alpha value is -2.30. The quantitative estimate of drug-likeness (QED) is 0.728. The Kier molecular flexibility index (Phi) is 3.88. The zero-order chi connectivity index (χ0) is 16.7. The van der Waals surface area contributed by atoms with E-state index in [0.29, 0.717) is 15.9 Å². The standard InChI is InChI=1S/C17H13Cl2N3O/c1-9(11-6-15(18)21-16(19)7-11)10-3-4-14-12(5-10)13(17(20)23)8-22(14)2/h3-8H,1H2,2H3,(H2,20,23). The molecule has 0 radical (unpaired) electrons. The zero-order valence-electron chi connectivity index (χ0n) is 12.3. The third-order valence-electron chi connectivity index (χ3n) is 3.71. The van der Waals surface area contributed by atoms with E-state index in [-0.39, 0.29) is 0 Å². The summed E-state index contributed by atoms with van der Waals surface area (Å²) in [6.45, 7) is 4.10. The van der Waals surface area contributed by atoms with Crippen molar-refractivity contribution in [2.24, 2.45) is 12.8 Å². The number of nitrogens with zero attached hydrogens (tertiary/aromatic N) is 2. The predicted octanol–water partition coefficient (Wildman–Crippen LogP) is 4.04. The zero-order valence-corrected chi connectivity index (χ0v) is 13.8. The second-order valence-electron chi connectivity index (χ2n) is 5.23. The highest BCUT2D eigenvalue weighted by Crippen LogP contribution is 2.29. The molecule has 23 heavy (non-hydrogen) atoms. The average molecular weight is 346 g/mol. The van der Waals surface area contributed by atoms with Crippen LogP contribution in [0.5, 0.6) is 0 Å². The Morgan fingerprint density at radius 2 is 1.83 bits per heavy atom. The minimum absolute atomic E-state index is 0.298. The van der Waals surface area contributed by atoms with Crippen molar-refractivity contribution in [1.82, 2.24) is 9.55 Å². The topological polar surface area (TPSA) is 60.9 Å². The molecule has 0 saturated carbocycles. The third kappa shape index (κ3) is 2.83. The number of nitrogens with two attached hydrogens (primary N) is 1. The van der Waals surface area contributed by atoms with E-state index in [0.717, 1.165) is 27.6 Å². The number of primary amides is 1. The second kappa shape index (κ2) is 5.72. The molecule has 2 N–H and O–H groups in total. The second-order valence-corrected chi connectivity index (χ2v) is 6.00. The number of rotatable bonds is 3. The number of benzene rings is 1. The summed E-state index contributed by atoms with van der Waals surface area (Å²) in [5, 5.41) is 1.38. The molecule has 3 rings (SSSR count). The molecule has 0 aliphatic carbocycles. The van der Waals surface area contributed by atoms with Crippen LogP contribution in [0.1, 0.15) is 21.5 Å². The summed E-state index contributed by atoms with van der Waals surface area (Å²) in [5.41, 5.74) is 9.20. The van der Waals surface area contributed by atoms with Crippen LogP contribution >= 0.6 is 23.2 Å². The first kappa shape index (κ1) is 15.6. The van der Waals surface area contributed by atoms with Crippen LogP contribution in [0.25, 0.3) is 16.5 Å². The highest BCUT2D eigenvalue weighted by Gasteiger charge is 2.13. The first-order valence-corrected chi connectivity index (χ1v) is 7.54. The van der Waals surface area contributed by atoms with Gasteiger partial charge in [0.2, 0.25) is 0 Å². The molecule has 3 aromatic rings. The monoisotopic (exact) mass is 345 g/mol. The average Bonchev–Trinajstić information content (AvgIpc) is 2.82. The highest BCUT2D eigenvalue weighted by atomic mass is 35.5. The van der Waals surface area contributed by atoms with Crippen LogP contribution in [0.2, 0.25) is 10.3 Å². The number of aromatic nitrogens is 2. The van der Waals surface area contributed by atoms with E-state index in [9.17, 15) is 4.79 Å². The molecular formula is C17H13Cl2N3O. The van der Waals surface area contributed by atoms with Gasteiger partial charge in [-0.05, 0) is 41.0 Å². The number of carbonyl (C=O) groups excluding carboxylic acids is 1. The summed E-state index contributed by atoms with van der Waals surface area (Å²) in [5.74, 6) is -0.464.